The highest BCUT2D eigenvalue weighted by molar-refractivity contribution is 6.36. The molecule has 1 aromatic rings. The van der Waals surface area contributed by atoms with E-state index in [-0.39, 0.29) is 53.3 Å². The Kier molecular flexibility index (Phi) is 3.76. The predicted octanol–water partition coefficient (Wildman–Crippen LogP) is 1.82. The van der Waals surface area contributed by atoms with Crippen molar-refractivity contribution in [2.75, 3.05) is 6.61 Å². The average Bonchev–Trinajstić information content (AvgIpc) is 2.86. The van der Waals surface area contributed by atoms with Gasteiger partial charge >= 0.3 is 5.97 Å². The molecule has 0 fully saturated rings. The van der Waals surface area contributed by atoms with Gasteiger partial charge in [0.1, 0.15) is 5.57 Å². The van der Waals surface area contributed by atoms with E-state index in [9.17, 15) is 19.2 Å². The van der Waals surface area contributed by atoms with Crippen molar-refractivity contribution >= 4 is 23.3 Å². The Labute approximate surface area is 154 Å². The number of hydrogen-bond donors (Lipinski definition) is 1. The third kappa shape index (κ3) is 2.08. The molecule has 0 radical (unpaired) electrons. The van der Waals surface area contributed by atoms with E-state index in [1.807, 2.05) is 0 Å². The molecule has 0 amide bonds. The van der Waals surface area contributed by atoms with E-state index in [4.69, 9.17) is 15.2 Å². The summed E-state index contributed by atoms with van der Waals surface area (Å²) in [4.78, 5) is 52.1. The minimum atomic E-state index is -1.98. The smallest absolute Gasteiger partial charge is 0.341 e. The molecule has 7 heteroatoms. The molecular formula is C20H17NO6. The van der Waals surface area contributed by atoms with Gasteiger partial charge in [0, 0.05) is 23.1 Å². The molecular weight excluding hydrogens is 350 g/mol. The van der Waals surface area contributed by atoms with Crippen molar-refractivity contribution in [3.8, 4) is 0 Å². The Morgan fingerprint density at radius 1 is 1.15 bits per heavy atom. The molecule has 0 atom stereocenters. The summed E-state index contributed by atoms with van der Waals surface area (Å²) in [5.41, 5.74) is 4.25. The highest BCUT2D eigenvalue weighted by atomic mass is 16.5. The topological polar surface area (TPSA) is 113 Å². The van der Waals surface area contributed by atoms with Crippen LogP contribution in [0.25, 0.3) is 0 Å². The molecule has 1 heterocycles. The molecule has 2 aliphatic carbocycles. The normalized spacial score (nSPS) is 20.6. The maximum atomic E-state index is 13.5. The van der Waals surface area contributed by atoms with E-state index in [0.29, 0.717) is 6.42 Å². The van der Waals surface area contributed by atoms with Gasteiger partial charge < -0.3 is 15.2 Å². The number of benzene rings is 1. The summed E-state index contributed by atoms with van der Waals surface area (Å²) in [5, 5.41) is 0. The number of ketones is 3. The summed E-state index contributed by atoms with van der Waals surface area (Å²) in [7, 11) is 0. The van der Waals surface area contributed by atoms with Crippen molar-refractivity contribution in [1.29, 1.82) is 0 Å². The third-order valence-electron chi connectivity index (χ3n) is 5.22. The summed E-state index contributed by atoms with van der Waals surface area (Å²) in [6.45, 7) is 1.64. The maximum absolute atomic E-state index is 13.5. The molecule has 27 heavy (non-hydrogen) atoms. The monoisotopic (exact) mass is 367 g/mol. The van der Waals surface area contributed by atoms with Crippen LogP contribution >= 0.6 is 0 Å². The highest BCUT2D eigenvalue weighted by Crippen LogP contribution is 2.54. The van der Waals surface area contributed by atoms with Crippen molar-refractivity contribution < 1.29 is 28.7 Å². The van der Waals surface area contributed by atoms with Crippen LogP contribution in [0.3, 0.4) is 0 Å². The largest absolute Gasteiger partial charge is 0.462 e. The lowest BCUT2D eigenvalue weighted by atomic mass is 9.65. The van der Waals surface area contributed by atoms with Crippen molar-refractivity contribution in [2.45, 2.75) is 26.2 Å². The lowest BCUT2D eigenvalue weighted by Gasteiger charge is -2.37. The first-order valence-corrected chi connectivity index (χ1v) is 8.75. The molecule has 1 spiro atoms. The zero-order valence-electron chi connectivity index (χ0n) is 14.7. The Morgan fingerprint density at radius 2 is 1.78 bits per heavy atom. The molecule has 7 nitrogen and oxygen atoms in total. The van der Waals surface area contributed by atoms with Gasteiger partial charge in [0.15, 0.2) is 28.5 Å². The number of Topliss-reactive ketones (excluding diaryl/α,β-unsaturated/α-hetero) is 3. The molecule has 1 aliphatic heterocycles. The van der Waals surface area contributed by atoms with Crippen molar-refractivity contribution in [3.05, 3.63) is 58.2 Å². The van der Waals surface area contributed by atoms with E-state index < -0.39 is 28.8 Å². The summed E-state index contributed by atoms with van der Waals surface area (Å²) in [6.07, 6.45) is 0.963. The second kappa shape index (κ2) is 5.90. The number of nitrogens with two attached hydrogens (primary N) is 1. The number of hydrogen-bond acceptors (Lipinski definition) is 7. The SMILES string of the molecule is CCOC(=O)C1=C(N)OC2=C(CCCC2=O)C12C(=O)c1ccccc1C2=O. The van der Waals surface area contributed by atoms with Crippen LogP contribution in [0.5, 0.6) is 0 Å². The first-order valence-electron chi connectivity index (χ1n) is 8.75. The fourth-order valence-electron chi connectivity index (χ4n) is 4.14. The van der Waals surface area contributed by atoms with E-state index >= 15 is 0 Å². The van der Waals surface area contributed by atoms with Crippen LogP contribution in [0.4, 0.5) is 0 Å². The summed E-state index contributed by atoms with van der Waals surface area (Å²) < 4.78 is 10.5. The standard InChI is InChI=1S/C20H17NO6/c1-2-26-19(25)14-18(21)27-15-12(8-5-9-13(15)22)20(14)16(23)10-6-3-4-7-11(10)17(20)24/h3-4,6-7H,2,5,8-9,21H2,1H3. The second-order valence-corrected chi connectivity index (χ2v) is 6.60. The minimum Gasteiger partial charge on any atom is -0.462 e. The molecule has 3 aliphatic rings. The lowest BCUT2D eigenvalue weighted by Crippen LogP contribution is -2.47. The first-order chi connectivity index (χ1) is 12.9. The van der Waals surface area contributed by atoms with Crippen molar-refractivity contribution in [3.63, 3.8) is 0 Å². The van der Waals surface area contributed by atoms with Gasteiger partial charge in [-0.05, 0) is 19.8 Å². The second-order valence-electron chi connectivity index (χ2n) is 6.60. The molecule has 0 bridgehead atoms. The molecule has 0 saturated heterocycles. The summed E-state index contributed by atoms with van der Waals surface area (Å²) in [6, 6.07) is 6.34. The Balaban J connectivity index is 2.05. The van der Waals surface area contributed by atoms with Gasteiger partial charge in [0.25, 0.3) is 0 Å². The Morgan fingerprint density at radius 3 is 2.37 bits per heavy atom. The summed E-state index contributed by atoms with van der Waals surface area (Å²) >= 11 is 0. The van der Waals surface area contributed by atoms with E-state index in [1.165, 1.54) is 12.1 Å². The van der Waals surface area contributed by atoms with E-state index in [2.05, 4.69) is 0 Å². The Bertz CT molecular complexity index is 949. The highest BCUT2D eigenvalue weighted by Gasteiger charge is 2.64. The molecule has 138 valence electrons. The van der Waals surface area contributed by atoms with Crippen LogP contribution in [-0.4, -0.2) is 29.9 Å². The molecule has 4 rings (SSSR count). The molecule has 0 aromatic heterocycles. The minimum absolute atomic E-state index is 0.0336. The zero-order chi connectivity index (χ0) is 19.3. The van der Waals surface area contributed by atoms with Crippen LogP contribution in [0.2, 0.25) is 0 Å². The molecule has 0 saturated carbocycles. The number of allylic oxidation sites excluding steroid dienone is 2. The van der Waals surface area contributed by atoms with Gasteiger partial charge in [0.2, 0.25) is 5.88 Å². The van der Waals surface area contributed by atoms with Crippen LogP contribution in [0, 0.1) is 5.41 Å². The van der Waals surface area contributed by atoms with Crippen LogP contribution < -0.4 is 5.73 Å². The number of carbonyl (C=O) groups is 4. The van der Waals surface area contributed by atoms with Gasteiger partial charge in [-0.15, -0.1) is 0 Å². The average molecular weight is 367 g/mol. The summed E-state index contributed by atoms with van der Waals surface area (Å²) in [5.74, 6) is -2.90. The van der Waals surface area contributed by atoms with Gasteiger partial charge in [-0.1, -0.05) is 24.3 Å². The van der Waals surface area contributed by atoms with Gasteiger partial charge in [-0.25, -0.2) is 4.79 Å². The van der Waals surface area contributed by atoms with Crippen LogP contribution in [0.1, 0.15) is 46.9 Å². The van der Waals surface area contributed by atoms with Crippen molar-refractivity contribution in [2.24, 2.45) is 11.1 Å². The number of fused-ring (bicyclic) bond motifs is 2. The zero-order valence-corrected chi connectivity index (χ0v) is 14.7. The number of esters is 1. The lowest BCUT2D eigenvalue weighted by molar-refractivity contribution is -0.140. The van der Waals surface area contributed by atoms with Crippen LogP contribution in [-0.2, 0) is 19.1 Å². The fourth-order valence-corrected chi connectivity index (χ4v) is 4.14. The Hall–Kier alpha value is -3.22. The third-order valence-corrected chi connectivity index (χ3v) is 5.22. The van der Waals surface area contributed by atoms with E-state index in [1.54, 1.807) is 19.1 Å². The quantitative estimate of drug-likeness (QED) is 0.626. The number of rotatable bonds is 2. The molecule has 0 unspecified atom stereocenters. The van der Waals surface area contributed by atoms with Gasteiger partial charge in [0.05, 0.1) is 6.61 Å². The van der Waals surface area contributed by atoms with Crippen LogP contribution in [0.15, 0.2) is 47.1 Å². The molecule has 1 aromatic carbocycles. The fraction of sp³-hybridized carbons (Fsp3) is 0.300. The van der Waals surface area contributed by atoms with Gasteiger partial charge in [-0.3, -0.25) is 14.4 Å². The maximum Gasteiger partial charge on any atom is 0.341 e. The predicted molar refractivity (Wildman–Crippen MR) is 92.4 cm³/mol. The molecule has 2 N–H and O–H groups in total. The first kappa shape index (κ1) is 17.2. The van der Waals surface area contributed by atoms with E-state index in [0.717, 1.165) is 0 Å². The van der Waals surface area contributed by atoms with Gasteiger partial charge in [-0.2, -0.15) is 0 Å². The number of ether oxygens (including phenoxy) is 2. The van der Waals surface area contributed by atoms with Crippen molar-refractivity contribution in [1.82, 2.24) is 0 Å². The number of carbonyl (C=O) groups excluding carboxylic acids is 4.